The van der Waals surface area contributed by atoms with Crippen molar-refractivity contribution in [2.45, 2.75) is 69.5 Å². The highest BCUT2D eigenvalue weighted by Crippen LogP contribution is 2.46. The molecule has 0 aliphatic carbocycles. The van der Waals surface area contributed by atoms with Gasteiger partial charge in [0.1, 0.15) is 5.75 Å². The van der Waals surface area contributed by atoms with Gasteiger partial charge >= 0.3 is 0 Å². The lowest BCUT2D eigenvalue weighted by molar-refractivity contribution is -0.106. The Bertz CT molecular complexity index is 1800. The van der Waals surface area contributed by atoms with Crippen LogP contribution in [0.4, 0.5) is 11.4 Å². The van der Waals surface area contributed by atoms with Crippen LogP contribution in [0.1, 0.15) is 42.5 Å². The van der Waals surface area contributed by atoms with Crippen LogP contribution in [-0.2, 0) is 22.5 Å². The van der Waals surface area contributed by atoms with Gasteiger partial charge in [0.05, 0.1) is 45.6 Å². The molecule has 1 aliphatic rings. The number of carbonyl (C=O) groups is 1. The molecule has 0 radical (unpaired) electrons. The first-order valence-corrected chi connectivity index (χ1v) is 20.6. The SMILES string of the molecule is COc1ccc([Si](C)(C)[C@@H]2[C@@H](C)[C@@H](CCc3ccc(N(C=O)c4ccccc4)cc3)O[C@H]2CCn2cc(C(CO)c3ccccc3)nn2)cc1. The highest BCUT2D eigenvalue weighted by atomic mass is 28.3. The van der Waals surface area contributed by atoms with Crippen LogP contribution >= 0.6 is 0 Å². The summed E-state index contributed by atoms with van der Waals surface area (Å²) >= 11 is 0. The maximum atomic E-state index is 11.9. The molecule has 2 heterocycles. The van der Waals surface area contributed by atoms with Crippen molar-refractivity contribution in [2.75, 3.05) is 18.6 Å². The van der Waals surface area contributed by atoms with E-state index in [1.165, 1.54) is 10.8 Å². The number of aryl methyl sites for hydroxylation is 2. The molecule has 1 aromatic heterocycles. The number of rotatable bonds is 15. The molecule has 8 nitrogen and oxygen atoms in total. The van der Waals surface area contributed by atoms with Gasteiger partial charge in [-0.05, 0) is 78.2 Å². The number of aliphatic hydroxyl groups excluding tert-OH is 1. The van der Waals surface area contributed by atoms with Gasteiger partial charge in [0.2, 0.25) is 6.41 Å². The third kappa shape index (κ3) is 7.75. The molecule has 1 fully saturated rings. The van der Waals surface area contributed by atoms with E-state index < -0.39 is 8.07 Å². The Morgan fingerprint density at radius 3 is 2.20 bits per heavy atom. The first-order valence-electron chi connectivity index (χ1n) is 17.6. The van der Waals surface area contributed by atoms with E-state index in [1.54, 1.807) is 12.0 Å². The highest BCUT2D eigenvalue weighted by molar-refractivity contribution is 6.91. The van der Waals surface area contributed by atoms with Crippen molar-refractivity contribution in [1.82, 2.24) is 15.0 Å². The lowest BCUT2D eigenvalue weighted by Crippen LogP contribution is -2.50. The Labute approximate surface area is 296 Å². The minimum Gasteiger partial charge on any atom is -0.497 e. The Morgan fingerprint density at radius 2 is 1.56 bits per heavy atom. The number of para-hydroxylation sites is 1. The predicted molar refractivity (Wildman–Crippen MR) is 201 cm³/mol. The number of amides is 1. The first-order chi connectivity index (χ1) is 24.3. The van der Waals surface area contributed by atoms with Crippen molar-refractivity contribution in [1.29, 1.82) is 0 Å². The lowest BCUT2D eigenvalue weighted by Gasteiger charge is -2.36. The Balaban J connectivity index is 1.17. The molecule has 50 heavy (non-hydrogen) atoms. The third-order valence-electron chi connectivity index (χ3n) is 10.6. The maximum absolute atomic E-state index is 11.9. The number of carbonyl (C=O) groups excluding carboxylic acids is 1. The number of nitrogens with zero attached hydrogens (tertiary/aromatic N) is 4. The minimum atomic E-state index is -2.01. The van der Waals surface area contributed by atoms with E-state index in [-0.39, 0.29) is 24.7 Å². The molecule has 1 aliphatic heterocycles. The quantitative estimate of drug-likeness (QED) is 0.0931. The second kappa shape index (κ2) is 16.0. The number of hydrogen-bond acceptors (Lipinski definition) is 6. The summed E-state index contributed by atoms with van der Waals surface area (Å²) in [6.07, 6.45) is 5.65. The van der Waals surface area contributed by atoms with E-state index in [4.69, 9.17) is 9.47 Å². The molecule has 1 unspecified atom stereocenters. The van der Waals surface area contributed by atoms with Gasteiger partial charge in [-0.1, -0.05) is 103 Å². The molecular formula is C41H48N4O4Si. The predicted octanol–water partition coefficient (Wildman–Crippen LogP) is 7.12. The topological polar surface area (TPSA) is 89.7 Å². The van der Waals surface area contributed by atoms with Crippen LogP contribution < -0.4 is 14.8 Å². The summed E-state index contributed by atoms with van der Waals surface area (Å²) in [7, 11) is -0.306. The molecular weight excluding hydrogens is 641 g/mol. The van der Waals surface area contributed by atoms with Gasteiger partial charge in [0, 0.05) is 24.1 Å². The molecule has 5 aromatic rings. The van der Waals surface area contributed by atoms with E-state index >= 15 is 0 Å². The summed E-state index contributed by atoms with van der Waals surface area (Å²) in [5.74, 6) is 1.03. The van der Waals surface area contributed by atoms with E-state index in [9.17, 15) is 9.90 Å². The minimum absolute atomic E-state index is 0.0253. The molecule has 4 aromatic carbocycles. The molecule has 0 spiro atoms. The van der Waals surface area contributed by atoms with Crippen LogP contribution in [0, 0.1) is 5.92 Å². The molecule has 0 saturated carbocycles. The zero-order valence-electron chi connectivity index (χ0n) is 29.4. The average molecular weight is 689 g/mol. The summed E-state index contributed by atoms with van der Waals surface area (Å²) in [6.45, 7) is 7.97. The fourth-order valence-electron chi connectivity index (χ4n) is 7.80. The van der Waals surface area contributed by atoms with Gasteiger partial charge < -0.3 is 14.6 Å². The van der Waals surface area contributed by atoms with Crippen molar-refractivity contribution >= 4 is 31.0 Å². The normalized spacial score (nSPS) is 19.6. The van der Waals surface area contributed by atoms with Crippen molar-refractivity contribution in [3.05, 3.63) is 132 Å². The Morgan fingerprint density at radius 1 is 0.900 bits per heavy atom. The van der Waals surface area contributed by atoms with Crippen LogP contribution in [0.25, 0.3) is 0 Å². The average Bonchev–Trinajstić information content (AvgIpc) is 3.75. The molecule has 0 bridgehead atoms. The molecule has 1 N–H and O–H groups in total. The van der Waals surface area contributed by atoms with Crippen LogP contribution in [0.15, 0.2) is 115 Å². The van der Waals surface area contributed by atoms with Crippen molar-refractivity contribution in [3.63, 3.8) is 0 Å². The van der Waals surface area contributed by atoms with Crippen LogP contribution in [0.5, 0.6) is 5.75 Å². The molecule has 1 saturated heterocycles. The van der Waals surface area contributed by atoms with Gasteiger partial charge in [-0.15, -0.1) is 5.10 Å². The largest absolute Gasteiger partial charge is 0.497 e. The number of anilines is 2. The fraction of sp³-hybridized carbons (Fsp3) is 0.341. The van der Waals surface area contributed by atoms with Gasteiger partial charge in [0.15, 0.2) is 0 Å². The first kappa shape index (κ1) is 35.3. The fourth-order valence-corrected chi connectivity index (χ4v) is 11.9. The Kier molecular flexibility index (Phi) is 11.3. The standard InChI is InChI=1S/C41H48N4O4Si/c1-30-39(24-17-31-15-18-34(19-16-31)45(29-47)33-13-9-6-10-14-33)49-40(41(30)50(3,4)36-22-20-35(48-2)21-23-36)25-26-44-27-38(42-43-44)37(28-46)32-11-7-5-8-12-32/h5-16,18-23,27,29-30,37,39-41,46H,17,24-26,28H2,1-4H3/t30-,37?,39+,40-,41+/m0/s1. The van der Waals surface area contributed by atoms with Crippen LogP contribution in [0.2, 0.25) is 18.6 Å². The van der Waals surface area contributed by atoms with E-state index in [0.717, 1.165) is 54.1 Å². The third-order valence-corrected chi connectivity index (χ3v) is 15.0. The monoisotopic (exact) mass is 688 g/mol. The maximum Gasteiger partial charge on any atom is 0.218 e. The second-order valence-corrected chi connectivity index (χ2v) is 18.6. The van der Waals surface area contributed by atoms with Crippen LogP contribution in [-0.4, -0.2) is 60.5 Å². The number of hydrogen-bond donors (Lipinski definition) is 1. The summed E-state index contributed by atoms with van der Waals surface area (Å²) in [6, 6.07) is 36.6. The molecule has 5 atom stereocenters. The van der Waals surface area contributed by atoms with Crippen molar-refractivity contribution in [2.24, 2.45) is 5.92 Å². The zero-order chi connectivity index (χ0) is 35.1. The van der Waals surface area contributed by atoms with Crippen LogP contribution in [0.3, 0.4) is 0 Å². The summed E-state index contributed by atoms with van der Waals surface area (Å²) in [5, 5.41) is 20.5. The summed E-state index contributed by atoms with van der Waals surface area (Å²) in [5.41, 5.74) is 5.11. The zero-order valence-corrected chi connectivity index (χ0v) is 30.4. The number of benzene rings is 4. The lowest BCUT2D eigenvalue weighted by atomic mass is 9.95. The molecule has 6 rings (SSSR count). The molecule has 260 valence electrons. The number of methoxy groups -OCH3 is 1. The summed E-state index contributed by atoms with van der Waals surface area (Å²) in [4.78, 5) is 13.6. The van der Waals surface area contributed by atoms with Gasteiger partial charge in [-0.3, -0.25) is 14.4 Å². The van der Waals surface area contributed by atoms with E-state index in [0.29, 0.717) is 18.0 Å². The summed E-state index contributed by atoms with van der Waals surface area (Å²) < 4.78 is 14.4. The highest BCUT2D eigenvalue weighted by Gasteiger charge is 2.50. The van der Waals surface area contributed by atoms with Crippen molar-refractivity contribution < 1.29 is 19.4 Å². The van der Waals surface area contributed by atoms with E-state index in [1.807, 2.05) is 83.7 Å². The van der Waals surface area contributed by atoms with Crippen molar-refractivity contribution in [3.8, 4) is 5.75 Å². The van der Waals surface area contributed by atoms with Gasteiger partial charge in [-0.25, -0.2) is 0 Å². The van der Waals surface area contributed by atoms with E-state index in [2.05, 4.69) is 66.7 Å². The number of aromatic nitrogens is 3. The number of aliphatic hydroxyl groups is 1. The Hall–Kier alpha value is -4.57. The number of ether oxygens (including phenoxy) is 2. The molecule has 1 amide bonds. The van der Waals surface area contributed by atoms with Gasteiger partial charge in [-0.2, -0.15) is 0 Å². The molecule has 9 heteroatoms. The smallest absolute Gasteiger partial charge is 0.218 e. The second-order valence-electron chi connectivity index (χ2n) is 13.9. The van der Waals surface area contributed by atoms with Gasteiger partial charge in [0.25, 0.3) is 0 Å².